The summed E-state index contributed by atoms with van der Waals surface area (Å²) in [5.74, 6) is 0.0203. The smallest absolute Gasteiger partial charge is 0.134 e. The second-order valence-corrected chi connectivity index (χ2v) is 5.35. The zero-order valence-electron chi connectivity index (χ0n) is 10.2. The van der Waals surface area contributed by atoms with Crippen molar-refractivity contribution in [1.29, 1.82) is 0 Å². The van der Waals surface area contributed by atoms with Crippen LogP contribution in [0.4, 0.5) is 4.39 Å². The molecule has 3 aromatic rings. The molecule has 0 aliphatic heterocycles. The van der Waals surface area contributed by atoms with Crippen molar-refractivity contribution in [2.24, 2.45) is 5.73 Å². The van der Waals surface area contributed by atoms with Crippen molar-refractivity contribution in [2.45, 2.75) is 6.04 Å². The molecule has 0 saturated heterocycles. The molecule has 0 bridgehead atoms. The van der Waals surface area contributed by atoms with Gasteiger partial charge in [-0.05, 0) is 36.4 Å². The van der Waals surface area contributed by atoms with Gasteiger partial charge in [-0.1, -0.05) is 29.3 Å². The molecule has 0 radical (unpaired) electrons. The average molecular weight is 310 g/mol. The predicted octanol–water partition coefficient (Wildman–Crippen LogP) is 4.93. The molecule has 102 valence electrons. The van der Waals surface area contributed by atoms with E-state index in [0.717, 1.165) is 5.39 Å². The molecular weight excluding hydrogens is 300 g/mol. The Labute approximate surface area is 124 Å². The molecule has 1 unspecified atom stereocenters. The van der Waals surface area contributed by atoms with Gasteiger partial charge in [0.25, 0.3) is 0 Å². The number of nitrogens with two attached hydrogens (primary N) is 1. The van der Waals surface area contributed by atoms with Gasteiger partial charge in [-0.3, -0.25) is 0 Å². The Hall–Kier alpha value is -1.55. The van der Waals surface area contributed by atoms with Crippen LogP contribution in [0.5, 0.6) is 0 Å². The van der Waals surface area contributed by atoms with E-state index in [0.29, 0.717) is 27.0 Å². The van der Waals surface area contributed by atoms with Crippen LogP contribution in [0.2, 0.25) is 10.0 Å². The predicted molar refractivity (Wildman–Crippen MR) is 78.7 cm³/mol. The van der Waals surface area contributed by atoms with Gasteiger partial charge < -0.3 is 10.2 Å². The van der Waals surface area contributed by atoms with Gasteiger partial charge in [-0.25, -0.2) is 4.39 Å². The highest BCUT2D eigenvalue weighted by Crippen LogP contribution is 2.30. The van der Waals surface area contributed by atoms with Crippen LogP contribution >= 0.6 is 23.2 Å². The molecule has 0 fully saturated rings. The van der Waals surface area contributed by atoms with E-state index < -0.39 is 11.9 Å². The largest absolute Gasteiger partial charge is 0.459 e. The highest BCUT2D eigenvalue weighted by molar-refractivity contribution is 6.31. The van der Waals surface area contributed by atoms with Crippen LogP contribution in [-0.2, 0) is 0 Å². The Morgan fingerprint density at radius 3 is 2.45 bits per heavy atom. The Morgan fingerprint density at radius 2 is 1.70 bits per heavy atom. The quantitative estimate of drug-likeness (QED) is 0.729. The summed E-state index contributed by atoms with van der Waals surface area (Å²) in [5, 5.41) is 1.77. The van der Waals surface area contributed by atoms with Crippen LogP contribution in [0.15, 0.2) is 46.9 Å². The second-order valence-electron chi connectivity index (χ2n) is 4.47. The highest BCUT2D eigenvalue weighted by Gasteiger charge is 2.18. The summed E-state index contributed by atoms with van der Waals surface area (Å²) in [7, 11) is 0. The van der Waals surface area contributed by atoms with Gasteiger partial charge >= 0.3 is 0 Å². The van der Waals surface area contributed by atoms with Crippen LogP contribution < -0.4 is 5.73 Å². The summed E-state index contributed by atoms with van der Waals surface area (Å²) in [6.07, 6.45) is 0. The lowest BCUT2D eigenvalue weighted by Crippen LogP contribution is -2.12. The topological polar surface area (TPSA) is 39.2 Å². The fraction of sp³-hybridized carbons (Fsp3) is 0.0667. The lowest BCUT2D eigenvalue weighted by atomic mass is 10.0. The first-order valence-electron chi connectivity index (χ1n) is 5.94. The number of rotatable bonds is 2. The lowest BCUT2D eigenvalue weighted by molar-refractivity contribution is 0.510. The molecule has 3 rings (SSSR count). The molecule has 5 heteroatoms. The maximum absolute atomic E-state index is 13.9. The zero-order chi connectivity index (χ0) is 14.3. The van der Waals surface area contributed by atoms with Crippen LogP contribution in [-0.4, -0.2) is 0 Å². The number of fused-ring (bicyclic) bond motifs is 1. The van der Waals surface area contributed by atoms with Gasteiger partial charge in [-0.2, -0.15) is 0 Å². The summed E-state index contributed by atoms with van der Waals surface area (Å²) in [4.78, 5) is 0. The molecule has 2 nitrogen and oxygen atoms in total. The number of hydrogen-bond acceptors (Lipinski definition) is 2. The maximum atomic E-state index is 13.9. The van der Waals surface area contributed by atoms with E-state index in [1.165, 1.54) is 6.07 Å². The Morgan fingerprint density at radius 1 is 1.00 bits per heavy atom. The van der Waals surface area contributed by atoms with Crippen LogP contribution in [0, 0.1) is 5.82 Å². The van der Waals surface area contributed by atoms with Crippen molar-refractivity contribution in [2.75, 3.05) is 0 Å². The molecule has 0 saturated carbocycles. The Balaban J connectivity index is 2.05. The first-order valence-corrected chi connectivity index (χ1v) is 6.70. The molecular formula is C15H10Cl2FNO. The lowest BCUT2D eigenvalue weighted by Gasteiger charge is -2.10. The third-order valence-electron chi connectivity index (χ3n) is 3.10. The summed E-state index contributed by atoms with van der Waals surface area (Å²) < 4.78 is 19.5. The van der Waals surface area contributed by atoms with Gasteiger partial charge in [0.15, 0.2) is 0 Å². The molecule has 2 aromatic carbocycles. The van der Waals surface area contributed by atoms with Crippen molar-refractivity contribution in [3.63, 3.8) is 0 Å². The van der Waals surface area contributed by atoms with E-state index in [1.54, 1.807) is 36.4 Å². The highest BCUT2D eigenvalue weighted by atomic mass is 35.5. The average Bonchev–Trinajstić information content (AvgIpc) is 2.81. The van der Waals surface area contributed by atoms with E-state index in [-0.39, 0.29) is 0 Å². The molecule has 2 N–H and O–H groups in total. The summed E-state index contributed by atoms with van der Waals surface area (Å²) in [6, 6.07) is 10.7. The molecule has 0 aliphatic rings. The minimum atomic E-state index is -0.696. The molecule has 20 heavy (non-hydrogen) atoms. The number of furan rings is 1. The molecule has 1 aromatic heterocycles. The summed E-state index contributed by atoms with van der Waals surface area (Å²) in [5.41, 5.74) is 7.05. The van der Waals surface area contributed by atoms with Gasteiger partial charge in [-0.15, -0.1) is 0 Å². The van der Waals surface area contributed by atoms with Crippen molar-refractivity contribution in [3.05, 3.63) is 69.7 Å². The standard InChI is InChI=1S/C15H10Cl2FNO/c16-9-2-4-13-8(5-9)6-14(20-13)15(19)11-3-1-10(17)7-12(11)18/h1-7,15H,19H2. The van der Waals surface area contributed by atoms with Crippen molar-refractivity contribution >= 4 is 34.2 Å². The van der Waals surface area contributed by atoms with Gasteiger partial charge in [0, 0.05) is 21.0 Å². The first kappa shape index (κ1) is 13.4. The maximum Gasteiger partial charge on any atom is 0.134 e. The van der Waals surface area contributed by atoms with Gasteiger partial charge in [0.05, 0.1) is 6.04 Å². The SMILES string of the molecule is NC(c1cc2cc(Cl)ccc2o1)c1ccc(Cl)cc1F. The van der Waals surface area contributed by atoms with Crippen molar-refractivity contribution in [3.8, 4) is 0 Å². The second kappa shape index (κ2) is 5.09. The Kier molecular flexibility index (Phi) is 3.42. The molecule has 1 heterocycles. The number of halogens is 3. The van der Waals surface area contributed by atoms with E-state index in [1.807, 2.05) is 0 Å². The zero-order valence-corrected chi connectivity index (χ0v) is 11.8. The van der Waals surface area contributed by atoms with Crippen LogP contribution in [0.3, 0.4) is 0 Å². The van der Waals surface area contributed by atoms with Crippen molar-refractivity contribution < 1.29 is 8.81 Å². The minimum Gasteiger partial charge on any atom is -0.459 e. The normalized spacial score (nSPS) is 12.8. The Bertz CT molecular complexity index is 785. The summed E-state index contributed by atoms with van der Waals surface area (Å²) >= 11 is 11.6. The fourth-order valence-electron chi connectivity index (χ4n) is 2.10. The summed E-state index contributed by atoms with van der Waals surface area (Å²) in [6.45, 7) is 0. The van der Waals surface area contributed by atoms with E-state index in [2.05, 4.69) is 0 Å². The monoisotopic (exact) mass is 309 g/mol. The van der Waals surface area contributed by atoms with E-state index in [4.69, 9.17) is 33.4 Å². The first-order chi connectivity index (χ1) is 9.54. The van der Waals surface area contributed by atoms with Crippen LogP contribution in [0.1, 0.15) is 17.4 Å². The van der Waals surface area contributed by atoms with Gasteiger partial charge in [0.2, 0.25) is 0 Å². The third-order valence-corrected chi connectivity index (χ3v) is 3.57. The number of benzene rings is 2. The third kappa shape index (κ3) is 2.40. The van der Waals surface area contributed by atoms with E-state index >= 15 is 0 Å². The van der Waals surface area contributed by atoms with Crippen LogP contribution in [0.25, 0.3) is 11.0 Å². The van der Waals surface area contributed by atoms with E-state index in [9.17, 15) is 4.39 Å². The molecule has 0 spiro atoms. The molecule has 0 aliphatic carbocycles. The van der Waals surface area contributed by atoms with Crippen molar-refractivity contribution in [1.82, 2.24) is 0 Å². The molecule has 0 amide bonds. The minimum absolute atomic E-state index is 0.329. The number of hydrogen-bond donors (Lipinski definition) is 1. The fourth-order valence-corrected chi connectivity index (χ4v) is 2.43. The van der Waals surface area contributed by atoms with Gasteiger partial charge in [0.1, 0.15) is 17.2 Å². The molecule has 1 atom stereocenters.